The fourth-order valence-electron chi connectivity index (χ4n) is 6.66. The number of rotatable bonds is 12. The quantitative estimate of drug-likeness (QED) is 0.158. The predicted molar refractivity (Wildman–Crippen MR) is 186 cm³/mol. The van der Waals surface area contributed by atoms with E-state index in [1.807, 2.05) is 43.3 Å². The molecule has 6 N–H and O–H groups in total. The van der Waals surface area contributed by atoms with E-state index in [0.29, 0.717) is 24.3 Å². The highest BCUT2D eigenvalue weighted by atomic mass is 16.2. The van der Waals surface area contributed by atoms with Gasteiger partial charge in [-0.15, -0.1) is 0 Å². The first kappa shape index (κ1) is 33.0. The van der Waals surface area contributed by atoms with Gasteiger partial charge in [-0.05, 0) is 79.0 Å². The molecule has 1 saturated heterocycles. The van der Waals surface area contributed by atoms with Crippen LogP contribution in [0.15, 0.2) is 66.7 Å². The molecule has 2 fully saturated rings. The molecule has 1 aliphatic carbocycles. The molecule has 2 aliphatic rings. The molecular formula is C37H48N6O3. The fourth-order valence-corrected chi connectivity index (χ4v) is 6.66. The van der Waals surface area contributed by atoms with Crippen molar-refractivity contribution >= 4 is 34.9 Å². The first-order valence-corrected chi connectivity index (χ1v) is 16.9. The maximum Gasteiger partial charge on any atom is 0.319 e. The monoisotopic (exact) mass is 624 g/mol. The fraction of sp³-hybridized carbons (Fsp3) is 0.432. The molecule has 9 nitrogen and oxygen atoms in total. The van der Waals surface area contributed by atoms with E-state index in [1.165, 1.54) is 24.8 Å². The van der Waals surface area contributed by atoms with Crippen molar-refractivity contribution in [3.63, 3.8) is 0 Å². The van der Waals surface area contributed by atoms with E-state index < -0.39 is 5.91 Å². The van der Waals surface area contributed by atoms with Crippen LogP contribution in [0.2, 0.25) is 0 Å². The summed E-state index contributed by atoms with van der Waals surface area (Å²) < 4.78 is 0. The van der Waals surface area contributed by atoms with Crippen molar-refractivity contribution < 1.29 is 14.4 Å². The number of nitrogens with one attached hydrogen (secondary N) is 4. The number of benzene rings is 3. The zero-order valence-electron chi connectivity index (χ0n) is 26.9. The van der Waals surface area contributed by atoms with Crippen molar-refractivity contribution in [1.29, 1.82) is 0 Å². The highest BCUT2D eigenvalue weighted by Gasteiger charge is 2.25. The normalized spacial score (nSPS) is 16.0. The van der Waals surface area contributed by atoms with Crippen molar-refractivity contribution in [3.8, 4) is 0 Å². The zero-order valence-corrected chi connectivity index (χ0v) is 26.9. The van der Waals surface area contributed by atoms with E-state index in [4.69, 9.17) is 5.73 Å². The lowest BCUT2D eigenvalue weighted by atomic mass is 9.83. The summed E-state index contributed by atoms with van der Waals surface area (Å²) in [7, 11) is 0. The Labute approximate surface area is 272 Å². The number of hydrogen-bond acceptors (Lipinski definition) is 5. The number of hydrogen-bond donors (Lipinski definition) is 5. The van der Waals surface area contributed by atoms with E-state index in [1.54, 1.807) is 12.1 Å². The Morgan fingerprint density at radius 2 is 1.63 bits per heavy atom. The summed E-state index contributed by atoms with van der Waals surface area (Å²) in [5.41, 5.74) is 11.6. The molecule has 1 aliphatic heterocycles. The Balaban J connectivity index is 1.39. The Morgan fingerprint density at radius 1 is 0.913 bits per heavy atom. The topological polar surface area (TPSA) is 129 Å². The minimum Gasteiger partial charge on any atom is -0.367 e. The standard InChI is InChI=1S/C37H48N6O3/c1-2-31(28-16-18-29(19-17-28)36(38)45)41-37(46)42-32-25-33(40-35(44)15-9-12-26-10-5-3-6-11-26)34(43-22-20-39-21-23-43)24-30(32)27-13-7-4-8-14-27/h3,5-6,10-11,16-19,24-25,27,31,39H,2,4,7-9,12-15,20-23H2,1H3,(H2,38,45)(H,40,44)(H2,41,42,46). The third kappa shape index (κ3) is 8.88. The third-order valence-corrected chi connectivity index (χ3v) is 9.22. The number of carbonyl (C=O) groups excluding carboxylic acids is 3. The Bertz CT molecular complexity index is 1460. The molecule has 244 valence electrons. The van der Waals surface area contributed by atoms with Gasteiger partial charge < -0.3 is 31.9 Å². The van der Waals surface area contributed by atoms with E-state index in [-0.39, 0.29) is 18.0 Å². The SMILES string of the molecule is CCC(NC(=O)Nc1cc(NC(=O)CCCc2ccccc2)c(N2CCNCC2)cc1C1CCCCC1)c1ccc(C(N)=O)cc1. The number of nitrogens with zero attached hydrogens (tertiary/aromatic N) is 1. The molecule has 1 saturated carbocycles. The van der Waals surface area contributed by atoms with E-state index >= 15 is 0 Å². The smallest absolute Gasteiger partial charge is 0.319 e. The predicted octanol–water partition coefficient (Wildman–Crippen LogP) is 6.48. The van der Waals surface area contributed by atoms with Gasteiger partial charge in [-0.2, -0.15) is 0 Å². The third-order valence-electron chi connectivity index (χ3n) is 9.22. The average molecular weight is 625 g/mol. The lowest BCUT2D eigenvalue weighted by molar-refractivity contribution is -0.116. The second-order valence-corrected chi connectivity index (χ2v) is 12.5. The summed E-state index contributed by atoms with van der Waals surface area (Å²) in [6, 6.07) is 20.9. The number of urea groups is 1. The molecular weight excluding hydrogens is 576 g/mol. The van der Waals surface area contributed by atoms with Gasteiger partial charge in [0.15, 0.2) is 0 Å². The molecule has 0 spiro atoms. The molecule has 1 atom stereocenters. The van der Waals surface area contributed by atoms with Crippen molar-refractivity contribution in [1.82, 2.24) is 10.6 Å². The van der Waals surface area contributed by atoms with Crippen LogP contribution in [0.1, 0.15) is 97.3 Å². The van der Waals surface area contributed by atoms with Crippen LogP contribution in [0.4, 0.5) is 21.9 Å². The van der Waals surface area contributed by atoms with Crippen LogP contribution in [0.5, 0.6) is 0 Å². The minimum atomic E-state index is -0.483. The number of nitrogens with two attached hydrogens (primary N) is 1. The van der Waals surface area contributed by atoms with Crippen LogP contribution >= 0.6 is 0 Å². The first-order chi connectivity index (χ1) is 22.4. The molecule has 4 amide bonds. The Morgan fingerprint density at radius 3 is 2.30 bits per heavy atom. The van der Waals surface area contributed by atoms with Crippen LogP contribution in [0.25, 0.3) is 0 Å². The zero-order chi connectivity index (χ0) is 32.3. The molecule has 9 heteroatoms. The summed E-state index contributed by atoms with van der Waals surface area (Å²) >= 11 is 0. The molecule has 0 bridgehead atoms. The maximum absolute atomic E-state index is 13.6. The van der Waals surface area contributed by atoms with E-state index in [2.05, 4.69) is 44.4 Å². The summed E-state index contributed by atoms with van der Waals surface area (Å²) in [5.74, 6) is -0.174. The summed E-state index contributed by atoms with van der Waals surface area (Å²) in [6.07, 6.45) is 8.40. The highest BCUT2D eigenvalue weighted by molar-refractivity contribution is 5.98. The lowest BCUT2D eigenvalue weighted by Crippen LogP contribution is -2.44. The van der Waals surface area contributed by atoms with Crippen molar-refractivity contribution in [2.45, 2.75) is 76.7 Å². The minimum absolute atomic E-state index is 0.0291. The van der Waals surface area contributed by atoms with Crippen molar-refractivity contribution in [2.75, 3.05) is 41.7 Å². The highest BCUT2D eigenvalue weighted by Crippen LogP contribution is 2.42. The second-order valence-electron chi connectivity index (χ2n) is 12.5. The average Bonchev–Trinajstić information content (AvgIpc) is 3.08. The number of amides is 4. The van der Waals surface area contributed by atoms with E-state index in [9.17, 15) is 14.4 Å². The van der Waals surface area contributed by atoms with Gasteiger partial charge in [0.2, 0.25) is 11.8 Å². The van der Waals surface area contributed by atoms with Gasteiger partial charge in [0.25, 0.3) is 0 Å². The van der Waals surface area contributed by atoms with Gasteiger partial charge in [-0.25, -0.2) is 4.79 Å². The Kier molecular flexibility index (Phi) is 11.7. The maximum atomic E-state index is 13.6. The van der Waals surface area contributed by atoms with Crippen LogP contribution in [-0.4, -0.2) is 44.0 Å². The van der Waals surface area contributed by atoms with E-state index in [0.717, 1.165) is 80.1 Å². The molecule has 3 aromatic carbocycles. The molecule has 0 aromatic heterocycles. The van der Waals surface area contributed by atoms with Gasteiger partial charge in [0.1, 0.15) is 0 Å². The summed E-state index contributed by atoms with van der Waals surface area (Å²) in [6.45, 7) is 5.46. The van der Waals surface area contributed by atoms with Crippen LogP contribution in [0.3, 0.4) is 0 Å². The summed E-state index contributed by atoms with van der Waals surface area (Å²) in [4.78, 5) is 40.7. The Hall–Kier alpha value is -4.37. The summed E-state index contributed by atoms with van der Waals surface area (Å²) in [5, 5.41) is 12.9. The molecule has 1 heterocycles. The number of anilines is 3. The van der Waals surface area contributed by atoms with Gasteiger partial charge >= 0.3 is 6.03 Å². The number of carbonyl (C=O) groups is 3. The number of aryl methyl sites for hydroxylation is 1. The molecule has 0 radical (unpaired) electrons. The van der Waals surface area contributed by atoms with Crippen LogP contribution in [0, 0.1) is 0 Å². The number of primary amides is 1. The molecule has 5 rings (SSSR count). The largest absolute Gasteiger partial charge is 0.367 e. The van der Waals surface area contributed by atoms with Crippen LogP contribution in [-0.2, 0) is 11.2 Å². The van der Waals surface area contributed by atoms with Gasteiger partial charge in [-0.3, -0.25) is 9.59 Å². The van der Waals surface area contributed by atoms with Gasteiger partial charge in [0.05, 0.1) is 17.4 Å². The molecule has 46 heavy (non-hydrogen) atoms. The lowest BCUT2D eigenvalue weighted by Gasteiger charge is -2.33. The van der Waals surface area contributed by atoms with Crippen molar-refractivity contribution in [3.05, 3.63) is 89.0 Å². The second kappa shape index (κ2) is 16.3. The van der Waals surface area contributed by atoms with Gasteiger partial charge in [-0.1, -0.05) is 68.7 Å². The molecule has 1 unspecified atom stereocenters. The first-order valence-electron chi connectivity index (χ1n) is 16.9. The van der Waals surface area contributed by atoms with Gasteiger partial charge in [0, 0.05) is 43.9 Å². The number of piperazine rings is 1. The van der Waals surface area contributed by atoms with Crippen LogP contribution < -0.4 is 31.9 Å². The molecule has 3 aromatic rings. The van der Waals surface area contributed by atoms with Crippen molar-refractivity contribution in [2.24, 2.45) is 5.73 Å².